The van der Waals surface area contributed by atoms with E-state index in [1.807, 2.05) is 47.2 Å². The van der Waals surface area contributed by atoms with E-state index in [-0.39, 0.29) is 5.91 Å². The summed E-state index contributed by atoms with van der Waals surface area (Å²) >= 11 is 3.12. The van der Waals surface area contributed by atoms with E-state index in [4.69, 9.17) is 0 Å². The van der Waals surface area contributed by atoms with Crippen LogP contribution in [0.2, 0.25) is 0 Å². The molecule has 3 aromatic rings. The molecule has 2 heterocycles. The number of hydrogen-bond donors (Lipinski definition) is 1. The van der Waals surface area contributed by atoms with Gasteiger partial charge in [0.2, 0.25) is 0 Å². The Kier molecular flexibility index (Phi) is 4.36. The number of thiophene rings is 1. The monoisotopic (exact) mass is 328 g/mol. The Morgan fingerprint density at radius 2 is 1.95 bits per heavy atom. The summed E-state index contributed by atoms with van der Waals surface area (Å²) in [6.07, 6.45) is 0. The predicted octanol–water partition coefficient (Wildman–Crippen LogP) is 5.25. The van der Waals surface area contributed by atoms with Crippen molar-refractivity contribution < 1.29 is 4.79 Å². The zero-order valence-corrected chi connectivity index (χ0v) is 14.0. The topological polar surface area (TPSA) is 42.0 Å². The molecule has 3 rings (SSSR count). The molecule has 0 saturated carbocycles. The lowest BCUT2D eigenvalue weighted by molar-refractivity contribution is 0.102. The van der Waals surface area contributed by atoms with Crippen molar-refractivity contribution in [1.82, 2.24) is 4.98 Å². The first-order valence-corrected chi connectivity index (χ1v) is 8.81. The van der Waals surface area contributed by atoms with Crippen molar-refractivity contribution in [2.45, 2.75) is 19.8 Å². The molecule has 22 heavy (non-hydrogen) atoms. The number of amides is 1. The minimum Gasteiger partial charge on any atom is -0.320 e. The Morgan fingerprint density at radius 3 is 2.68 bits per heavy atom. The van der Waals surface area contributed by atoms with Crippen LogP contribution in [0.1, 0.15) is 35.8 Å². The van der Waals surface area contributed by atoms with E-state index in [9.17, 15) is 4.79 Å². The lowest BCUT2D eigenvalue weighted by Crippen LogP contribution is -2.14. The molecule has 0 bridgehead atoms. The van der Waals surface area contributed by atoms with E-state index in [1.54, 1.807) is 11.3 Å². The molecule has 1 amide bonds. The average molecular weight is 328 g/mol. The number of rotatable bonds is 4. The highest BCUT2D eigenvalue weighted by molar-refractivity contribution is 7.20. The third kappa shape index (κ3) is 3.10. The van der Waals surface area contributed by atoms with Gasteiger partial charge in [-0.25, -0.2) is 4.98 Å². The van der Waals surface area contributed by atoms with E-state index < -0.39 is 0 Å². The molecule has 0 saturated heterocycles. The van der Waals surface area contributed by atoms with Crippen LogP contribution in [0.5, 0.6) is 0 Å². The van der Waals surface area contributed by atoms with Crippen molar-refractivity contribution in [3.05, 3.63) is 58.4 Å². The minimum absolute atomic E-state index is 0.160. The first-order valence-electron chi connectivity index (χ1n) is 7.05. The van der Waals surface area contributed by atoms with E-state index in [0.29, 0.717) is 11.6 Å². The number of aromatic nitrogens is 1. The number of nitrogens with zero attached hydrogens (tertiary/aromatic N) is 1. The quantitative estimate of drug-likeness (QED) is 0.711. The van der Waals surface area contributed by atoms with E-state index in [2.05, 4.69) is 24.1 Å². The molecule has 1 N–H and O–H groups in total. The van der Waals surface area contributed by atoms with Gasteiger partial charge in [0.1, 0.15) is 10.7 Å². The van der Waals surface area contributed by atoms with E-state index >= 15 is 0 Å². The first-order chi connectivity index (χ1) is 10.6. The number of para-hydroxylation sites is 1. The second-order valence-corrected chi connectivity index (χ2v) is 7.02. The van der Waals surface area contributed by atoms with Crippen LogP contribution in [0.15, 0.2) is 47.2 Å². The average Bonchev–Trinajstić information content (AvgIpc) is 3.18. The summed E-state index contributed by atoms with van der Waals surface area (Å²) in [5.74, 6) is 0.195. The van der Waals surface area contributed by atoms with Gasteiger partial charge in [0.05, 0.1) is 4.88 Å². The van der Waals surface area contributed by atoms with Gasteiger partial charge < -0.3 is 5.32 Å². The number of thiazole rings is 1. The summed E-state index contributed by atoms with van der Waals surface area (Å²) in [6.45, 7) is 4.23. The molecule has 112 valence electrons. The lowest BCUT2D eigenvalue weighted by Gasteiger charge is -2.12. The van der Waals surface area contributed by atoms with Crippen LogP contribution in [-0.4, -0.2) is 10.9 Å². The normalized spacial score (nSPS) is 10.9. The largest absolute Gasteiger partial charge is 0.320 e. The summed E-state index contributed by atoms with van der Waals surface area (Å²) in [5, 5.41) is 7.68. The van der Waals surface area contributed by atoms with Crippen LogP contribution >= 0.6 is 22.7 Å². The predicted molar refractivity (Wildman–Crippen MR) is 93.9 cm³/mol. The molecule has 0 atom stereocenters. The Hall–Kier alpha value is -1.98. The van der Waals surface area contributed by atoms with Crippen molar-refractivity contribution >= 4 is 34.3 Å². The minimum atomic E-state index is -0.160. The zero-order chi connectivity index (χ0) is 15.5. The Labute approximate surface area is 137 Å². The van der Waals surface area contributed by atoms with Gasteiger partial charge in [0.25, 0.3) is 5.91 Å². The maximum Gasteiger partial charge on any atom is 0.275 e. The molecule has 1 aromatic carbocycles. The highest BCUT2D eigenvalue weighted by Crippen LogP contribution is 2.29. The van der Waals surface area contributed by atoms with Crippen LogP contribution in [0, 0.1) is 0 Å². The molecule has 0 aliphatic rings. The highest BCUT2D eigenvalue weighted by atomic mass is 32.1. The number of nitrogens with one attached hydrogen (secondary N) is 1. The number of carbonyl (C=O) groups is 1. The second kappa shape index (κ2) is 6.42. The number of hydrogen-bond acceptors (Lipinski definition) is 4. The SMILES string of the molecule is CC(C)c1ccccc1NC(=O)c1csc(-c2cccs2)n1. The molecule has 0 unspecified atom stereocenters. The fourth-order valence-electron chi connectivity index (χ4n) is 2.19. The summed E-state index contributed by atoms with van der Waals surface area (Å²) in [7, 11) is 0. The van der Waals surface area contributed by atoms with Crippen LogP contribution in [0.4, 0.5) is 5.69 Å². The van der Waals surface area contributed by atoms with Gasteiger partial charge in [0, 0.05) is 11.1 Å². The molecule has 0 aliphatic carbocycles. The number of carbonyl (C=O) groups excluding carboxylic acids is 1. The molecule has 0 spiro atoms. The van der Waals surface area contributed by atoms with Gasteiger partial charge in [0.15, 0.2) is 0 Å². The molecule has 0 radical (unpaired) electrons. The van der Waals surface area contributed by atoms with Crippen LogP contribution < -0.4 is 5.32 Å². The van der Waals surface area contributed by atoms with Gasteiger partial charge in [-0.3, -0.25) is 4.79 Å². The van der Waals surface area contributed by atoms with Crippen LogP contribution in [0.25, 0.3) is 9.88 Å². The fourth-order valence-corrected chi connectivity index (χ4v) is 3.81. The first kappa shape index (κ1) is 14.9. The van der Waals surface area contributed by atoms with Gasteiger partial charge in [-0.1, -0.05) is 38.1 Å². The Bertz CT molecular complexity index is 776. The molecule has 3 nitrogen and oxygen atoms in total. The fraction of sp³-hybridized carbons (Fsp3) is 0.176. The van der Waals surface area contributed by atoms with Crippen molar-refractivity contribution in [2.24, 2.45) is 0 Å². The third-order valence-corrected chi connectivity index (χ3v) is 5.18. The van der Waals surface area contributed by atoms with Gasteiger partial charge in [-0.2, -0.15) is 0 Å². The van der Waals surface area contributed by atoms with Crippen LogP contribution in [-0.2, 0) is 0 Å². The number of anilines is 1. The molecule has 2 aromatic heterocycles. The maximum absolute atomic E-state index is 12.4. The lowest BCUT2D eigenvalue weighted by atomic mass is 10.0. The molecular weight excluding hydrogens is 312 g/mol. The Morgan fingerprint density at radius 1 is 1.14 bits per heavy atom. The molecule has 0 aliphatic heterocycles. The zero-order valence-electron chi connectivity index (χ0n) is 12.4. The maximum atomic E-state index is 12.4. The third-order valence-electron chi connectivity index (χ3n) is 3.30. The molecule has 0 fully saturated rings. The van der Waals surface area contributed by atoms with Crippen LogP contribution in [0.3, 0.4) is 0 Å². The van der Waals surface area contributed by atoms with Gasteiger partial charge >= 0.3 is 0 Å². The van der Waals surface area contributed by atoms with Crippen molar-refractivity contribution in [3.8, 4) is 9.88 Å². The number of benzene rings is 1. The van der Waals surface area contributed by atoms with Crippen molar-refractivity contribution in [1.29, 1.82) is 0 Å². The summed E-state index contributed by atoms with van der Waals surface area (Å²) in [5.41, 5.74) is 2.45. The van der Waals surface area contributed by atoms with Crippen molar-refractivity contribution in [3.63, 3.8) is 0 Å². The summed E-state index contributed by atoms with van der Waals surface area (Å²) in [6, 6.07) is 11.9. The standard InChI is InChI=1S/C17H16N2OS2/c1-11(2)12-6-3-4-7-13(12)18-16(20)14-10-22-17(19-14)15-8-5-9-21-15/h3-11H,1-2H3,(H,18,20). The summed E-state index contributed by atoms with van der Waals surface area (Å²) < 4.78 is 0. The summed E-state index contributed by atoms with van der Waals surface area (Å²) in [4.78, 5) is 17.9. The van der Waals surface area contributed by atoms with Gasteiger partial charge in [-0.15, -0.1) is 22.7 Å². The highest BCUT2D eigenvalue weighted by Gasteiger charge is 2.14. The second-order valence-electron chi connectivity index (χ2n) is 5.21. The Balaban J connectivity index is 1.81. The molecular formula is C17H16N2OS2. The van der Waals surface area contributed by atoms with Gasteiger partial charge in [-0.05, 0) is 29.0 Å². The molecule has 5 heteroatoms. The van der Waals surface area contributed by atoms with E-state index in [0.717, 1.165) is 21.1 Å². The smallest absolute Gasteiger partial charge is 0.275 e. The van der Waals surface area contributed by atoms with E-state index in [1.165, 1.54) is 11.3 Å². The van der Waals surface area contributed by atoms with Crippen molar-refractivity contribution in [2.75, 3.05) is 5.32 Å².